The van der Waals surface area contributed by atoms with Gasteiger partial charge in [-0.1, -0.05) is 35.3 Å². The molecule has 0 radical (unpaired) electrons. The second kappa shape index (κ2) is 7.46. The normalized spacial score (nSPS) is 17.5. The van der Waals surface area contributed by atoms with Crippen LogP contribution >= 0.6 is 23.2 Å². The first-order valence-electron chi connectivity index (χ1n) is 8.07. The van der Waals surface area contributed by atoms with Gasteiger partial charge in [0.1, 0.15) is 0 Å². The summed E-state index contributed by atoms with van der Waals surface area (Å²) in [5.74, 6) is -0.131. The van der Waals surface area contributed by atoms with Crippen LogP contribution in [0.4, 0.5) is 0 Å². The van der Waals surface area contributed by atoms with Crippen molar-refractivity contribution in [2.24, 2.45) is 0 Å². The molecule has 0 bridgehead atoms. The van der Waals surface area contributed by atoms with Crippen molar-refractivity contribution < 1.29 is 9.59 Å². The Morgan fingerprint density at radius 2 is 1.48 bits per heavy atom. The molecule has 1 heterocycles. The number of carbonyl (C=O) groups excluding carboxylic acids is 2. The van der Waals surface area contributed by atoms with Crippen LogP contribution in [0.5, 0.6) is 0 Å². The maximum atomic E-state index is 12.7. The number of carbonyl (C=O) groups is 2. The quantitative estimate of drug-likeness (QED) is 0.795. The molecule has 2 aromatic rings. The number of benzene rings is 2. The van der Waals surface area contributed by atoms with E-state index < -0.39 is 0 Å². The molecular formula is C19H18Cl2N2O2. The second-order valence-corrected chi connectivity index (χ2v) is 6.99. The zero-order valence-corrected chi connectivity index (χ0v) is 15.3. The largest absolute Gasteiger partial charge is 0.335 e. The summed E-state index contributed by atoms with van der Waals surface area (Å²) in [4.78, 5) is 28.9. The number of halogens is 2. The molecular weight excluding hydrogens is 359 g/mol. The molecule has 1 aliphatic rings. The molecule has 0 spiro atoms. The minimum atomic E-state index is -0.0802. The lowest BCUT2D eigenvalue weighted by Crippen LogP contribution is -2.55. The molecule has 1 atom stereocenters. The minimum absolute atomic E-state index is 0.0649. The van der Waals surface area contributed by atoms with Gasteiger partial charge in [0.25, 0.3) is 11.8 Å². The van der Waals surface area contributed by atoms with Gasteiger partial charge in [0.05, 0.1) is 0 Å². The summed E-state index contributed by atoms with van der Waals surface area (Å²) >= 11 is 11.9. The van der Waals surface area contributed by atoms with E-state index in [9.17, 15) is 9.59 Å². The van der Waals surface area contributed by atoms with E-state index in [-0.39, 0.29) is 17.9 Å². The van der Waals surface area contributed by atoms with Crippen LogP contribution in [0.25, 0.3) is 0 Å². The van der Waals surface area contributed by atoms with Crippen molar-refractivity contribution >= 4 is 35.0 Å². The Labute approximate surface area is 156 Å². The van der Waals surface area contributed by atoms with E-state index in [1.54, 1.807) is 58.3 Å². The maximum Gasteiger partial charge on any atom is 0.254 e. The molecule has 2 amide bonds. The summed E-state index contributed by atoms with van der Waals surface area (Å²) < 4.78 is 0. The van der Waals surface area contributed by atoms with Gasteiger partial charge in [0.2, 0.25) is 0 Å². The summed E-state index contributed by atoms with van der Waals surface area (Å²) in [7, 11) is 0. The number of hydrogen-bond donors (Lipinski definition) is 0. The summed E-state index contributed by atoms with van der Waals surface area (Å²) in [6.07, 6.45) is 0. The Kier molecular flexibility index (Phi) is 5.30. The van der Waals surface area contributed by atoms with Gasteiger partial charge < -0.3 is 9.80 Å². The lowest BCUT2D eigenvalue weighted by Gasteiger charge is -2.40. The van der Waals surface area contributed by atoms with Crippen LogP contribution in [0.15, 0.2) is 48.5 Å². The van der Waals surface area contributed by atoms with Crippen LogP contribution in [0.1, 0.15) is 27.6 Å². The van der Waals surface area contributed by atoms with Crippen molar-refractivity contribution in [3.63, 3.8) is 0 Å². The van der Waals surface area contributed by atoms with E-state index >= 15 is 0 Å². The van der Waals surface area contributed by atoms with E-state index in [1.165, 1.54) is 0 Å². The van der Waals surface area contributed by atoms with Crippen LogP contribution in [0.2, 0.25) is 10.0 Å². The predicted molar refractivity (Wildman–Crippen MR) is 99.3 cm³/mol. The average molecular weight is 377 g/mol. The molecule has 0 N–H and O–H groups in total. The van der Waals surface area contributed by atoms with E-state index in [2.05, 4.69) is 0 Å². The van der Waals surface area contributed by atoms with Crippen LogP contribution in [-0.4, -0.2) is 47.3 Å². The fourth-order valence-corrected chi connectivity index (χ4v) is 3.42. The molecule has 6 heteroatoms. The van der Waals surface area contributed by atoms with Gasteiger partial charge >= 0.3 is 0 Å². The minimum Gasteiger partial charge on any atom is -0.335 e. The van der Waals surface area contributed by atoms with Crippen molar-refractivity contribution in [2.75, 3.05) is 19.6 Å². The molecule has 4 nitrogen and oxygen atoms in total. The molecule has 0 aliphatic carbocycles. The second-order valence-electron chi connectivity index (χ2n) is 6.12. The first-order chi connectivity index (χ1) is 12.0. The lowest BCUT2D eigenvalue weighted by molar-refractivity contribution is 0.0414. The fraction of sp³-hybridized carbons (Fsp3) is 0.263. The number of hydrogen-bond acceptors (Lipinski definition) is 2. The number of rotatable bonds is 2. The Hall–Kier alpha value is -2.04. The zero-order valence-electron chi connectivity index (χ0n) is 13.8. The molecule has 0 saturated carbocycles. The van der Waals surface area contributed by atoms with Gasteiger partial charge in [0, 0.05) is 46.8 Å². The van der Waals surface area contributed by atoms with Gasteiger partial charge in [-0.2, -0.15) is 0 Å². The topological polar surface area (TPSA) is 40.6 Å². The standard InChI is InChI=1S/C19H18Cl2N2O2/c1-13-12-22(18(24)14-4-2-6-16(20)10-14)8-9-23(13)19(25)15-5-3-7-17(21)11-15/h2-7,10-11,13H,8-9,12H2,1H3. The third-order valence-electron chi connectivity index (χ3n) is 4.32. The molecule has 1 saturated heterocycles. The molecule has 1 fully saturated rings. The maximum absolute atomic E-state index is 12.7. The van der Waals surface area contributed by atoms with Crippen LogP contribution in [-0.2, 0) is 0 Å². The van der Waals surface area contributed by atoms with Crippen LogP contribution in [0.3, 0.4) is 0 Å². The van der Waals surface area contributed by atoms with E-state index in [4.69, 9.17) is 23.2 Å². The van der Waals surface area contributed by atoms with Crippen molar-refractivity contribution in [3.8, 4) is 0 Å². The van der Waals surface area contributed by atoms with E-state index in [1.807, 2.05) is 6.92 Å². The van der Waals surface area contributed by atoms with Crippen LogP contribution < -0.4 is 0 Å². The molecule has 130 valence electrons. The molecule has 3 rings (SSSR count). The first-order valence-corrected chi connectivity index (χ1v) is 8.82. The Morgan fingerprint density at radius 1 is 0.920 bits per heavy atom. The van der Waals surface area contributed by atoms with Crippen molar-refractivity contribution in [2.45, 2.75) is 13.0 Å². The number of piperazine rings is 1. The van der Waals surface area contributed by atoms with Gasteiger partial charge in [-0.3, -0.25) is 9.59 Å². The van der Waals surface area contributed by atoms with E-state index in [0.29, 0.717) is 40.8 Å². The van der Waals surface area contributed by atoms with Gasteiger partial charge in [0.15, 0.2) is 0 Å². The Balaban J connectivity index is 1.70. The smallest absolute Gasteiger partial charge is 0.254 e. The van der Waals surface area contributed by atoms with Gasteiger partial charge in [-0.15, -0.1) is 0 Å². The van der Waals surface area contributed by atoms with Crippen LogP contribution in [0, 0.1) is 0 Å². The number of amides is 2. The molecule has 2 aromatic carbocycles. The number of nitrogens with zero attached hydrogens (tertiary/aromatic N) is 2. The summed E-state index contributed by atoms with van der Waals surface area (Å²) in [6, 6.07) is 13.8. The Bertz CT molecular complexity index is 810. The lowest BCUT2D eigenvalue weighted by atomic mass is 10.1. The molecule has 0 aromatic heterocycles. The van der Waals surface area contributed by atoms with E-state index in [0.717, 1.165) is 0 Å². The highest BCUT2D eigenvalue weighted by Crippen LogP contribution is 2.19. The summed E-state index contributed by atoms with van der Waals surface area (Å²) in [5.41, 5.74) is 1.13. The average Bonchev–Trinajstić information content (AvgIpc) is 2.60. The highest BCUT2D eigenvalue weighted by atomic mass is 35.5. The molecule has 1 aliphatic heterocycles. The molecule has 25 heavy (non-hydrogen) atoms. The predicted octanol–water partition coefficient (Wildman–Crippen LogP) is 3.98. The first kappa shape index (κ1) is 17.8. The molecule has 1 unspecified atom stereocenters. The highest BCUT2D eigenvalue weighted by Gasteiger charge is 2.30. The highest BCUT2D eigenvalue weighted by molar-refractivity contribution is 6.31. The van der Waals surface area contributed by atoms with Crippen molar-refractivity contribution in [3.05, 3.63) is 69.7 Å². The summed E-state index contributed by atoms with van der Waals surface area (Å²) in [5, 5.41) is 1.07. The van der Waals surface area contributed by atoms with Gasteiger partial charge in [-0.25, -0.2) is 0 Å². The van der Waals surface area contributed by atoms with Gasteiger partial charge in [-0.05, 0) is 43.3 Å². The van der Waals surface area contributed by atoms with Crippen molar-refractivity contribution in [1.82, 2.24) is 9.80 Å². The third-order valence-corrected chi connectivity index (χ3v) is 4.79. The SMILES string of the molecule is CC1CN(C(=O)c2cccc(Cl)c2)CCN1C(=O)c1cccc(Cl)c1. The monoisotopic (exact) mass is 376 g/mol. The fourth-order valence-electron chi connectivity index (χ4n) is 3.04. The third kappa shape index (κ3) is 3.97. The summed E-state index contributed by atoms with van der Waals surface area (Å²) in [6.45, 7) is 3.40. The zero-order chi connectivity index (χ0) is 18.0. The van der Waals surface area contributed by atoms with Crippen molar-refractivity contribution in [1.29, 1.82) is 0 Å². The Morgan fingerprint density at radius 3 is 2.00 bits per heavy atom.